The highest BCUT2D eigenvalue weighted by atomic mass is 15.1. The smallest absolute Gasteiger partial charge is 0.0468 e. The van der Waals surface area contributed by atoms with E-state index in [4.69, 9.17) is 0 Å². The molecule has 46 heavy (non-hydrogen) atoms. The van der Waals surface area contributed by atoms with Gasteiger partial charge in [0.15, 0.2) is 0 Å². The van der Waals surface area contributed by atoms with Crippen LogP contribution in [0.3, 0.4) is 0 Å². The van der Waals surface area contributed by atoms with E-state index in [0.717, 1.165) is 17.1 Å². The van der Waals surface area contributed by atoms with E-state index in [2.05, 4.69) is 183 Å². The second kappa shape index (κ2) is 10.2. The zero-order chi connectivity index (χ0) is 30.8. The van der Waals surface area contributed by atoms with Crippen molar-refractivity contribution < 1.29 is 0 Å². The number of hydrogen-bond donors (Lipinski definition) is 0. The lowest BCUT2D eigenvalue weighted by Crippen LogP contribution is -2.16. The number of nitrogens with zero attached hydrogens (tertiary/aromatic N) is 1. The van der Waals surface area contributed by atoms with Gasteiger partial charge in [-0.2, -0.15) is 0 Å². The number of fused-ring (bicyclic) bond motifs is 8. The van der Waals surface area contributed by atoms with E-state index < -0.39 is 0 Å². The van der Waals surface area contributed by atoms with Gasteiger partial charge in [0, 0.05) is 22.5 Å². The van der Waals surface area contributed by atoms with Crippen LogP contribution in [0.2, 0.25) is 0 Å². The Bertz CT molecular complexity index is 2450. The van der Waals surface area contributed by atoms with E-state index in [1.165, 1.54) is 65.7 Å². The Morgan fingerprint density at radius 2 is 1.02 bits per heavy atom. The fraction of sp³-hybridized carbons (Fsp3) is 0.0667. The molecule has 1 heteroatoms. The summed E-state index contributed by atoms with van der Waals surface area (Å²) in [5.74, 6) is 0. The van der Waals surface area contributed by atoms with Crippen LogP contribution in [-0.2, 0) is 5.41 Å². The third kappa shape index (κ3) is 4.09. The molecule has 0 amide bonds. The van der Waals surface area contributed by atoms with Crippen molar-refractivity contribution in [2.75, 3.05) is 4.90 Å². The van der Waals surface area contributed by atoms with Crippen LogP contribution in [0.1, 0.15) is 25.0 Å². The molecule has 1 aliphatic rings. The summed E-state index contributed by atoms with van der Waals surface area (Å²) in [5, 5.41) is 7.67. The Morgan fingerprint density at radius 1 is 0.391 bits per heavy atom. The molecule has 0 heterocycles. The molecule has 8 aromatic rings. The van der Waals surface area contributed by atoms with Crippen molar-refractivity contribution >= 4 is 49.4 Å². The lowest BCUT2D eigenvalue weighted by atomic mass is 9.82. The van der Waals surface area contributed by atoms with Gasteiger partial charge in [-0.05, 0) is 102 Å². The highest BCUT2D eigenvalue weighted by molar-refractivity contribution is 6.20. The van der Waals surface area contributed by atoms with E-state index in [0.29, 0.717) is 0 Å². The summed E-state index contributed by atoms with van der Waals surface area (Å²) in [6.07, 6.45) is 0. The van der Waals surface area contributed by atoms with Gasteiger partial charge >= 0.3 is 0 Å². The van der Waals surface area contributed by atoms with Crippen LogP contribution in [0.25, 0.3) is 54.6 Å². The highest BCUT2D eigenvalue weighted by Gasteiger charge is 2.35. The molecule has 0 N–H and O–H groups in total. The van der Waals surface area contributed by atoms with E-state index in [1.54, 1.807) is 0 Å². The molecule has 1 nitrogen and oxygen atoms in total. The summed E-state index contributed by atoms with van der Waals surface area (Å²) < 4.78 is 0. The lowest BCUT2D eigenvalue weighted by molar-refractivity contribution is 0.660. The number of benzene rings is 8. The molecular weight excluding hydrogens is 555 g/mol. The third-order valence-electron chi connectivity index (χ3n) is 10.0. The maximum absolute atomic E-state index is 2.43. The van der Waals surface area contributed by atoms with Crippen LogP contribution in [0.4, 0.5) is 17.1 Å². The number of anilines is 3. The van der Waals surface area contributed by atoms with Gasteiger partial charge in [0.2, 0.25) is 0 Å². The van der Waals surface area contributed by atoms with Crippen molar-refractivity contribution in [3.05, 3.63) is 175 Å². The van der Waals surface area contributed by atoms with E-state index >= 15 is 0 Å². The first-order chi connectivity index (χ1) is 22.6. The number of hydrogen-bond acceptors (Lipinski definition) is 1. The monoisotopic (exact) mass is 587 g/mol. The van der Waals surface area contributed by atoms with Crippen LogP contribution in [-0.4, -0.2) is 0 Å². The van der Waals surface area contributed by atoms with Crippen molar-refractivity contribution in [1.29, 1.82) is 0 Å². The molecule has 0 saturated heterocycles. The normalized spacial score (nSPS) is 13.2. The molecule has 0 saturated carbocycles. The Morgan fingerprint density at radius 3 is 1.91 bits per heavy atom. The van der Waals surface area contributed by atoms with Crippen molar-refractivity contribution in [1.82, 2.24) is 0 Å². The first kappa shape index (κ1) is 26.7. The quantitative estimate of drug-likeness (QED) is 0.185. The number of rotatable bonds is 4. The first-order valence-corrected chi connectivity index (χ1v) is 16.1. The molecule has 0 fully saturated rings. The molecule has 9 rings (SSSR count). The van der Waals surface area contributed by atoms with Crippen LogP contribution in [0.5, 0.6) is 0 Å². The largest absolute Gasteiger partial charge is 0.310 e. The Kier molecular flexibility index (Phi) is 5.92. The Hall–Kier alpha value is -5.66. The zero-order valence-electron chi connectivity index (χ0n) is 26.0. The van der Waals surface area contributed by atoms with Crippen molar-refractivity contribution in [2.24, 2.45) is 0 Å². The minimum atomic E-state index is -0.0805. The van der Waals surface area contributed by atoms with Crippen molar-refractivity contribution in [3.63, 3.8) is 0 Å². The minimum Gasteiger partial charge on any atom is -0.310 e. The molecule has 0 radical (unpaired) electrons. The van der Waals surface area contributed by atoms with Gasteiger partial charge in [-0.15, -0.1) is 0 Å². The van der Waals surface area contributed by atoms with Gasteiger partial charge in [0.1, 0.15) is 0 Å². The fourth-order valence-corrected chi connectivity index (χ4v) is 7.70. The van der Waals surface area contributed by atoms with Gasteiger partial charge in [0.25, 0.3) is 0 Å². The molecule has 0 atom stereocenters. The predicted molar refractivity (Wildman–Crippen MR) is 197 cm³/mol. The van der Waals surface area contributed by atoms with Gasteiger partial charge in [-0.1, -0.05) is 141 Å². The Labute approximate surface area is 270 Å². The third-order valence-corrected chi connectivity index (χ3v) is 10.0. The van der Waals surface area contributed by atoms with Gasteiger partial charge in [0.05, 0.1) is 0 Å². The fourth-order valence-electron chi connectivity index (χ4n) is 7.70. The molecule has 0 aromatic heterocycles. The molecule has 1 aliphatic carbocycles. The maximum Gasteiger partial charge on any atom is 0.0468 e. The summed E-state index contributed by atoms with van der Waals surface area (Å²) >= 11 is 0. The molecule has 218 valence electrons. The first-order valence-electron chi connectivity index (χ1n) is 16.1. The van der Waals surface area contributed by atoms with E-state index in [1.807, 2.05) is 0 Å². The molecular formula is C45H33N. The Balaban J connectivity index is 1.26. The molecule has 8 aromatic carbocycles. The van der Waals surface area contributed by atoms with Gasteiger partial charge in [-0.3, -0.25) is 0 Å². The maximum atomic E-state index is 2.43. The summed E-state index contributed by atoms with van der Waals surface area (Å²) in [4.78, 5) is 2.43. The average molecular weight is 588 g/mol. The van der Waals surface area contributed by atoms with E-state index in [-0.39, 0.29) is 5.41 Å². The second-order valence-corrected chi connectivity index (χ2v) is 13.0. The van der Waals surface area contributed by atoms with E-state index in [9.17, 15) is 0 Å². The standard InChI is InChI=1S/C45H33N/c1-45(2)42-18-9-8-17-40(42)41-26-24-37(29-43(41)45)46(35-15-10-14-33(27-35)30-11-4-3-5-12-30)36-23-25-39-34(28-36)22-21-32-20-19-31-13-6-7-16-38(31)44(32)39/h3-29H,1-2H3. The van der Waals surface area contributed by atoms with Gasteiger partial charge in [-0.25, -0.2) is 0 Å². The summed E-state index contributed by atoms with van der Waals surface area (Å²) in [6, 6.07) is 60.2. The zero-order valence-corrected chi connectivity index (χ0v) is 26.0. The topological polar surface area (TPSA) is 3.24 Å². The van der Waals surface area contributed by atoms with Gasteiger partial charge < -0.3 is 4.90 Å². The molecule has 0 bridgehead atoms. The molecule has 0 unspecified atom stereocenters. The highest BCUT2D eigenvalue weighted by Crippen LogP contribution is 2.51. The average Bonchev–Trinajstić information content (AvgIpc) is 3.34. The van der Waals surface area contributed by atoms with Crippen molar-refractivity contribution in [2.45, 2.75) is 19.3 Å². The SMILES string of the molecule is CC1(C)c2ccccc2-c2ccc(N(c3cccc(-c4ccccc4)c3)c3ccc4c(ccc5ccc6ccccc6c54)c3)cc21. The minimum absolute atomic E-state index is 0.0805. The van der Waals surface area contributed by atoms with Crippen LogP contribution < -0.4 is 4.90 Å². The van der Waals surface area contributed by atoms with Crippen molar-refractivity contribution in [3.8, 4) is 22.3 Å². The van der Waals surface area contributed by atoms with Crippen LogP contribution in [0, 0.1) is 0 Å². The summed E-state index contributed by atoms with van der Waals surface area (Å²) in [5.41, 5.74) is 11.2. The van der Waals surface area contributed by atoms with Crippen LogP contribution >= 0.6 is 0 Å². The predicted octanol–water partition coefficient (Wildman–Crippen LogP) is 12.6. The van der Waals surface area contributed by atoms with Crippen LogP contribution in [0.15, 0.2) is 164 Å². The summed E-state index contributed by atoms with van der Waals surface area (Å²) in [7, 11) is 0. The molecule has 0 aliphatic heterocycles. The lowest BCUT2D eigenvalue weighted by Gasteiger charge is -2.29. The molecule has 0 spiro atoms. The summed E-state index contributed by atoms with van der Waals surface area (Å²) in [6.45, 7) is 4.71. The second-order valence-electron chi connectivity index (χ2n) is 13.0.